The molecule has 0 radical (unpaired) electrons. The lowest BCUT2D eigenvalue weighted by Gasteiger charge is -2.20. The number of aromatic nitrogens is 1. The third-order valence-electron chi connectivity index (χ3n) is 2.75. The fraction of sp³-hybridized carbons (Fsp3) is 0.231. The minimum atomic E-state index is -0.0187. The standard InChI is InChI=1S/C13H16N4OS/c1-2-17(9-11-4-3-7-19-11)13(18)10-5-6-15-12(8-10)16-14/h3-8H,2,9,14H2,1H3,(H,15,16). The normalized spacial score (nSPS) is 10.2. The summed E-state index contributed by atoms with van der Waals surface area (Å²) in [5.74, 6) is 5.77. The van der Waals surface area contributed by atoms with Gasteiger partial charge in [-0.3, -0.25) is 4.79 Å². The number of anilines is 1. The molecule has 2 aromatic rings. The van der Waals surface area contributed by atoms with Gasteiger partial charge < -0.3 is 10.3 Å². The molecule has 0 atom stereocenters. The maximum atomic E-state index is 12.4. The maximum absolute atomic E-state index is 12.4. The van der Waals surface area contributed by atoms with E-state index < -0.39 is 0 Å². The average molecular weight is 276 g/mol. The molecule has 19 heavy (non-hydrogen) atoms. The molecule has 0 aliphatic heterocycles. The summed E-state index contributed by atoms with van der Waals surface area (Å²) in [6.07, 6.45) is 1.57. The minimum absolute atomic E-state index is 0.0187. The summed E-state index contributed by atoms with van der Waals surface area (Å²) in [5, 5.41) is 2.01. The summed E-state index contributed by atoms with van der Waals surface area (Å²) in [4.78, 5) is 19.4. The number of hydrogen-bond acceptors (Lipinski definition) is 5. The van der Waals surface area contributed by atoms with Crippen molar-refractivity contribution < 1.29 is 4.79 Å². The number of nitrogens with two attached hydrogens (primary N) is 1. The van der Waals surface area contributed by atoms with Gasteiger partial charge >= 0.3 is 0 Å². The monoisotopic (exact) mass is 276 g/mol. The van der Waals surface area contributed by atoms with Crippen LogP contribution in [0.2, 0.25) is 0 Å². The fourth-order valence-corrected chi connectivity index (χ4v) is 2.46. The lowest BCUT2D eigenvalue weighted by molar-refractivity contribution is 0.0754. The Hall–Kier alpha value is -1.92. The van der Waals surface area contributed by atoms with Crippen LogP contribution in [0.5, 0.6) is 0 Å². The van der Waals surface area contributed by atoms with E-state index in [4.69, 9.17) is 5.84 Å². The van der Waals surface area contributed by atoms with Crippen LogP contribution in [0.4, 0.5) is 5.82 Å². The van der Waals surface area contributed by atoms with Crippen LogP contribution in [-0.4, -0.2) is 22.3 Å². The van der Waals surface area contributed by atoms with Crippen molar-refractivity contribution in [2.45, 2.75) is 13.5 Å². The Morgan fingerprint density at radius 2 is 2.37 bits per heavy atom. The average Bonchev–Trinajstić information content (AvgIpc) is 2.97. The summed E-state index contributed by atoms with van der Waals surface area (Å²) in [7, 11) is 0. The van der Waals surface area contributed by atoms with Crippen LogP contribution in [0.1, 0.15) is 22.2 Å². The topological polar surface area (TPSA) is 71.2 Å². The van der Waals surface area contributed by atoms with E-state index in [0.29, 0.717) is 24.5 Å². The van der Waals surface area contributed by atoms with E-state index in [1.165, 1.54) is 4.88 Å². The van der Waals surface area contributed by atoms with Crippen LogP contribution in [0.25, 0.3) is 0 Å². The number of carbonyl (C=O) groups is 1. The van der Waals surface area contributed by atoms with Crippen molar-refractivity contribution in [2.24, 2.45) is 5.84 Å². The number of nitrogens with zero attached hydrogens (tertiary/aromatic N) is 2. The van der Waals surface area contributed by atoms with Crippen LogP contribution in [-0.2, 0) is 6.54 Å². The van der Waals surface area contributed by atoms with Gasteiger partial charge in [0.05, 0.1) is 6.54 Å². The van der Waals surface area contributed by atoms with Gasteiger partial charge in [0.15, 0.2) is 0 Å². The molecule has 0 fully saturated rings. The molecule has 100 valence electrons. The molecule has 2 rings (SSSR count). The van der Waals surface area contributed by atoms with Gasteiger partial charge in [0, 0.05) is 23.2 Å². The van der Waals surface area contributed by atoms with E-state index in [1.807, 2.05) is 24.4 Å². The predicted octanol–water partition coefficient (Wildman–Crippen LogP) is 2.09. The van der Waals surface area contributed by atoms with Crippen molar-refractivity contribution in [2.75, 3.05) is 12.0 Å². The number of carbonyl (C=O) groups excluding carboxylic acids is 1. The zero-order chi connectivity index (χ0) is 13.7. The molecule has 0 aliphatic rings. The molecule has 3 N–H and O–H groups in total. The van der Waals surface area contributed by atoms with Crippen LogP contribution in [0, 0.1) is 0 Å². The summed E-state index contributed by atoms with van der Waals surface area (Å²) in [5.41, 5.74) is 3.03. The number of pyridine rings is 1. The van der Waals surface area contributed by atoms with E-state index in [1.54, 1.807) is 34.6 Å². The van der Waals surface area contributed by atoms with Gasteiger partial charge in [-0.2, -0.15) is 0 Å². The van der Waals surface area contributed by atoms with Crippen molar-refractivity contribution in [1.82, 2.24) is 9.88 Å². The number of amides is 1. The smallest absolute Gasteiger partial charge is 0.254 e. The highest BCUT2D eigenvalue weighted by atomic mass is 32.1. The quantitative estimate of drug-likeness (QED) is 0.648. The summed E-state index contributed by atoms with van der Waals surface area (Å²) >= 11 is 1.65. The zero-order valence-electron chi connectivity index (χ0n) is 10.7. The van der Waals surface area contributed by atoms with Crippen molar-refractivity contribution in [3.8, 4) is 0 Å². The molecule has 2 heterocycles. The second-order valence-electron chi connectivity index (χ2n) is 3.97. The molecule has 0 bridgehead atoms. The Balaban J connectivity index is 2.15. The molecule has 0 aromatic carbocycles. The Kier molecular flexibility index (Phi) is 4.48. The first-order valence-corrected chi connectivity index (χ1v) is 6.87. The third-order valence-corrected chi connectivity index (χ3v) is 3.61. The van der Waals surface area contributed by atoms with Crippen molar-refractivity contribution in [1.29, 1.82) is 0 Å². The number of hydrazine groups is 1. The van der Waals surface area contributed by atoms with Gasteiger partial charge in [-0.1, -0.05) is 6.07 Å². The number of nitrogen functional groups attached to an aromatic ring is 1. The molecular formula is C13H16N4OS. The van der Waals surface area contributed by atoms with E-state index in [-0.39, 0.29) is 5.91 Å². The molecule has 0 unspecified atom stereocenters. The number of rotatable bonds is 5. The first-order valence-electron chi connectivity index (χ1n) is 5.99. The van der Waals surface area contributed by atoms with Crippen LogP contribution in [0.3, 0.4) is 0 Å². The molecule has 6 heteroatoms. The summed E-state index contributed by atoms with van der Waals surface area (Å²) < 4.78 is 0. The van der Waals surface area contributed by atoms with Crippen molar-refractivity contribution in [3.05, 3.63) is 46.3 Å². The van der Waals surface area contributed by atoms with E-state index in [9.17, 15) is 4.79 Å². The van der Waals surface area contributed by atoms with Crippen LogP contribution < -0.4 is 11.3 Å². The Morgan fingerprint density at radius 1 is 1.53 bits per heavy atom. The number of nitrogens with one attached hydrogen (secondary N) is 1. The third kappa shape index (κ3) is 3.30. The molecule has 5 nitrogen and oxygen atoms in total. The lowest BCUT2D eigenvalue weighted by Crippen LogP contribution is -2.30. The van der Waals surface area contributed by atoms with Crippen LogP contribution in [0.15, 0.2) is 35.8 Å². The van der Waals surface area contributed by atoms with E-state index in [0.717, 1.165) is 0 Å². The highest BCUT2D eigenvalue weighted by molar-refractivity contribution is 7.09. The zero-order valence-corrected chi connectivity index (χ0v) is 11.5. The number of thiophene rings is 1. The fourth-order valence-electron chi connectivity index (χ4n) is 1.74. The molecule has 0 saturated heterocycles. The summed E-state index contributed by atoms with van der Waals surface area (Å²) in [6.45, 7) is 3.25. The van der Waals surface area contributed by atoms with Gasteiger partial charge in [-0.15, -0.1) is 11.3 Å². The van der Waals surface area contributed by atoms with Gasteiger partial charge in [-0.25, -0.2) is 10.8 Å². The minimum Gasteiger partial charge on any atom is -0.334 e. The molecule has 2 aromatic heterocycles. The van der Waals surface area contributed by atoms with Gasteiger partial charge in [-0.05, 0) is 30.5 Å². The van der Waals surface area contributed by atoms with Gasteiger partial charge in [0.2, 0.25) is 0 Å². The Morgan fingerprint density at radius 3 is 3.00 bits per heavy atom. The first kappa shape index (κ1) is 13.5. The molecule has 1 amide bonds. The largest absolute Gasteiger partial charge is 0.334 e. The molecule has 0 saturated carbocycles. The first-order chi connectivity index (χ1) is 9.24. The maximum Gasteiger partial charge on any atom is 0.254 e. The van der Waals surface area contributed by atoms with Gasteiger partial charge in [0.1, 0.15) is 5.82 Å². The SMILES string of the molecule is CCN(Cc1cccs1)C(=O)c1ccnc(NN)c1. The Labute approximate surface area is 116 Å². The van der Waals surface area contributed by atoms with Crippen LogP contribution >= 0.6 is 11.3 Å². The second kappa shape index (κ2) is 6.31. The molecule has 0 aliphatic carbocycles. The molecular weight excluding hydrogens is 260 g/mol. The Bertz CT molecular complexity index is 541. The van der Waals surface area contributed by atoms with Gasteiger partial charge in [0.25, 0.3) is 5.91 Å². The highest BCUT2D eigenvalue weighted by Crippen LogP contribution is 2.15. The second-order valence-corrected chi connectivity index (χ2v) is 5.01. The molecule has 0 spiro atoms. The van der Waals surface area contributed by atoms with E-state index in [2.05, 4.69) is 10.4 Å². The predicted molar refractivity (Wildman–Crippen MR) is 76.8 cm³/mol. The lowest BCUT2D eigenvalue weighted by atomic mass is 10.2. The number of hydrogen-bond donors (Lipinski definition) is 2. The summed E-state index contributed by atoms with van der Waals surface area (Å²) in [6, 6.07) is 7.36. The van der Waals surface area contributed by atoms with E-state index >= 15 is 0 Å². The van der Waals surface area contributed by atoms with Crippen molar-refractivity contribution in [3.63, 3.8) is 0 Å². The van der Waals surface area contributed by atoms with Crippen molar-refractivity contribution >= 4 is 23.1 Å². The highest BCUT2D eigenvalue weighted by Gasteiger charge is 2.15.